The number of rotatable bonds is 1. The number of fused-ring (bicyclic) bond motifs is 1. The minimum absolute atomic E-state index is 0.506. The highest BCUT2D eigenvalue weighted by Gasteiger charge is 2.33. The summed E-state index contributed by atoms with van der Waals surface area (Å²) in [5.41, 5.74) is 9.62. The van der Waals surface area contributed by atoms with Gasteiger partial charge in [-0.2, -0.15) is 0 Å². The Balaban J connectivity index is 2.17. The van der Waals surface area contributed by atoms with Gasteiger partial charge in [-0.3, -0.25) is 0 Å². The summed E-state index contributed by atoms with van der Waals surface area (Å²) in [5, 5.41) is 0. The highest BCUT2D eigenvalue weighted by atomic mass is 15.2. The summed E-state index contributed by atoms with van der Waals surface area (Å²) in [6.07, 6.45) is 2.50. The second kappa shape index (κ2) is 4.01. The van der Waals surface area contributed by atoms with Gasteiger partial charge in [-0.05, 0) is 43.2 Å². The molecule has 1 saturated carbocycles. The van der Waals surface area contributed by atoms with Gasteiger partial charge in [-0.1, -0.05) is 26.0 Å². The number of anilines is 1. The van der Waals surface area contributed by atoms with Crippen LogP contribution in [0.15, 0.2) is 18.2 Å². The molecule has 1 fully saturated rings. The molecule has 3 rings (SSSR count). The Labute approximate surface area is 108 Å². The lowest BCUT2D eigenvalue weighted by atomic mass is 9.97. The standard InChI is InChI=1S/C15H21N3/c1-9-7-8-12(11(9)3)18-13-6-4-5-10(2)14(13)17-15(18)16/h4-6,9,11-12H,7-8H2,1-3H3,(H2,16,17). The van der Waals surface area contributed by atoms with E-state index < -0.39 is 0 Å². The normalized spacial score (nSPS) is 28.1. The number of aryl methyl sites for hydroxylation is 1. The Morgan fingerprint density at radius 2 is 2.06 bits per heavy atom. The first-order chi connectivity index (χ1) is 8.59. The van der Waals surface area contributed by atoms with E-state index in [-0.39, 0.29) is 0 Å². The molecule has 2 N–H and O–H groups in total. The van der Waals surface area contributed by atoms with Gasteiger partial charge in [-0.25, -0.2) is 4.98 Å². The maximum Gasteiger partial charge on any atom is 0.201 e. The topological polar surface area (TPSA) is 43.8 Å². The molecule has 1 aliphatic rings. The van der Waals surface area contributed by atoms with Crippen molar-refractivity contribution >= 4 is 17.0 Å². The molecule has 0 amide bonds. The van der Waals surface area contributed by atoms with Crippen molar-refractivity contribution in [2.24, 2.45) is 11.8 Å². The number of nitrogens with two attached hydrogens (primary N) is 1. The minimum atomic E-state index is 0.506. The number of nitrogen functional groups attached to an aromatic ring is 1. The smallest absolute Gasteiger partial charge is 0.201 e. The van der Waals surface area contributed by atoms with Crippen LogP contribution in [0.25, 0.3) is 11.0 Å². The van der Waals surface area contributed by atoms with Gasteiger partial charge in [0.25, 0.3) is 0 Å². The summed E-state index contributed by atoms with van der Waals surface area (Å²) >= 11 is 0. The number of benzene rings is 1. The first-order valence-electron chi connectivity index (χ1n) is 6.82. The second-order valence-corrected chi connectivity index (χ2v) is 5.76. The first kappa shape index (κ1) is 11.6. The van der Waals surface area contributed by atoms with Crippen LogP contribution in [-0.4, -0.2) is 9.55 Å². The molecule has 0 bridgehead atoms. The Kier molecular flexibility index (Phi) is 2.58. The number of hydrogen-bond acceptors (Lipinski definition) is 2. The van der Waals surface area contributed by atoms with Gasteiger partial charge in [0.2, 0.25) is 5.95 Å². The molecule has 1 aromatic heterocycles. The third-order valence-electron chi connectivity index (χ3n) is 4.70. The van der Waals surface area contributed by atoms with Crippen LogP contribution >= 0.6 is 0 Å². The van der Waals surface area contributed by atoms with Crippen LogP contribution in [0.4, 0.5) is 5.95 Å². The molecule has 18 heavy (non-hydrogen) atoms. The zero-order valence-electron chi connectivity index (χ0n) is 11.4. The summed E-state index contributed by atoms with van der Waals surface area (Å²) in [5.74, 6) is 2.12. The van der Waals surface area contributed by atoms with E-state index in [1.54, 1.807) is 0 Å². The van der Waals surface area contributed by atoms with Crippen molar-refractivity contribution in [1.29, 1.82) is 0 Å². The number of imidazole rings is 1. The monoisotopic (exact) mass is 243 g/mol. The fourth-order valence-electron chi connectivity index (χ4n) is 3.33. The highest BCUT2D eigenvalue weighted by Crippen LogP contribution is 2.42. The van der Waals surface area contributed by atoms with Crippen LogP contribution in [0.1, 0.15) is 38.3 Å². The summed E-state index contributed by atoms with van der Waals surface area (Å²) in [6, 6.07) is 6.84. The molecule has 1 aliphatic carbocycles. The van der Waals surface area contributed by atoms with Gasteiger partial charge < -0.3 is 10.3 Å². The zero-order chi connectivity index (χ0) is 12.9. The molecular formula is C15H21N3. The number of hydrogen-bond donors (Lipinski definition) is 1. The molecule has 3 nitrogen and oxygen atoms in total. The lowest BCUT2D eigenvalue weighted by molar-refractivity contribution is 0.361. The van der Waals surface area contributed by atoms with E-state index in [0.29, 0.717) is 17.9 Å². The largest absolute Gasteiger partial charge is 0.369 e. The minimum Gasteiger partial charge on any atom is -0.369 e. The van der Waals surface area contributed by atoms with Crippen LogP contribution in [0.2, 0.25) is 0 Å². The van der Waals surface area contributed by atoms with Crippen LogP contribution in [-0.2, 0) is 0 Å². The Morgan fingerprint density at radius 1 is 1.28 bits per heavy atom. The summed E-state index contributed by atoms with van der Waals surface area (Å²) in [7, 11) is 0. The van der Waals surface area contributed by atoms with Crippen molar-refractivity contribution in [2.45, 2.75) is 39.7 Å². The van der Waals surface area contributed by atoms with Gasteiger partial charge in [0.15, 0.2) is 0 Å². The molecule has 0 radical (unpaired) electrons. The Hall–Kier alpha value is -1.51. The Morgan fingerprint density at radius 3 is 2.72 bits per heavy atom. The maximum atomic E-state index is 6.16. The third-order valence-corrected chi connectivity index (χ3v) is 4.70. The average Bonchev–Trinajstić information content (AvgIpc) is 2.83. The molecule has 0 spiro atoms. The average molecular weight is 243 g/mol. The quantitative estimate of drug-likeness (QED) is 0.832. The molecule has 1 heterocycles. The van der Waals surface area contributed by atoms with E-state index in [0.717, 1.165) is 11.4 Å². The zero-order valence-corrected chi connectivity index (χ0v) is 11.4. The lowest BCUT2D eigenvalue weighted by Gasteiger charge is -2.21. The van der Waals surface area contributed by atoms with E-state index in [9.17, 15) is 0 Å². The molecule has 0 saturated heterocycles. The van der Waals surface area contributed by atoms with Crippen molar-refractivity contribution in [3.8, 4) is 0 Å². The van der Waals surface area contributed by atoms with E-state index in [4.69, 9.17) is 5.73 Å². The first-order valence-corrected chi connectivity index (χ1v) is 6.82. The van der Waals surface area contributed by atoms with Crippen LogP contribution < -0.4 is 5.73 Å². The molecule has 0 aliphatic heterocycles. The summed E-state index contributed by atoms with van der Waals surface area (Å²) in [6.45, 7) is 6.77. The van der Waals surface area contributed by atoms with Crippen molar-refractivity contribution in [3.05, 3.63) is 23.8 Å². The molecular weight excluding hydrogens is 222 g/mol. The fourth-order valence-corrected chi connectivity index (χ4v) is 3.33. The SMILES string of the molecule is Cc1cccc2c1nc(N)n2C1CCC(C)C1C. The number of nitrogens with zero attached hydrogens (tertiary/aromatic N) is 2. The van der Waals surface area contributed by atoms with Gasteiger partial charge in [0, 0.05) is 6.04 Å². The molecule has 96 valence electrons. The van der Waals surface area contributed by atoms with Crippen molar-refractivity contribution in [1.82, 2.24) is 9.55 Å². The van der Waals surface area contributed by atoms with Gasteiger partial charge >= 0.3 is 0 Å². The van der Waals surface area contributed by atoms with Crippen LogP contribution in [0.3, 0.4) is 0 Å². The molecule has 3 atom stereocenters. The second-order valence-electron chi connectivity index (χ2n) is 5.76. The number of para-hydroxylation sites is 1. The van der Waals surface area contributed by atoms with Gasteiger partial charge in [-0.15, -0.1) is 0 Å². The fraction of sp³-hybridized carbons (Fsp3) is 0.533. The van der Waals surface area contributed by atoms with Crippen molar-refractivity contribution in [2.75, 3.05) is 5.73 Å². The van der Waals surface area contributed by atoms with Gasteiger partial charge in [0.05, 0.1) is 11.0 Å². The maximum absolute atomic E-state index is 6.16. The third kappa shape index (κ3) is 1.53. The Bertz CT molecular complexity index is 585. The van der Waals surface area contributed by atoms with E-state index in [1.165, 1.54) is 23.9 Å². The summed E-state index contributed by atoms with van der Waals surface area (Å²) in [4.78, 5) is 4.56. The predicted molar refractivity (Wildman–Crippen MR) is 75.5 cm³/mol. The van der Waals surface area contributed by atoms with Crippen molar-refractivity contribution < 1.29 is 0 Å². The number of aromatic nitrogens is 2. The van der Waals surface area contributed by atoms with E-state index in [1.807, 2.05) is 0 Å². The van der Waals surface area contributed by atoms with E-state index >= 15 is 0 Å². The van der Waals surface area contributed by atoms with Crippen LogP contribution in [0.5, 0.6) is 0 Å². The molecule has 3 unspecified atom stereocenters. The van der Waals surface area contributed by atoms with Gasteiger partial charge in [0.1, 0.15) is 0 Å². The summed E-state index contributed by atoms with van der Waals surface area (Å²) < 4.78 is 2.26. The molecule has 3 heteroatoms. The highest BCUT2D eigenvalue weighted by molar-refractivity contribution is 5.81. The van der Waals surface area contributed by atoms with E-state index in [2.05, 4.69) is 48.5 Å². The predicted octanol–water partition coefficient (Wildman–Crippen LogP) is 3.53. The van der Waals surface area contributed by atoms with Crippen molar-refractivity contribution in [3.63, 3.8) is 0 Å². The molecule has 2 aromatic rings. The molecule has 1 aromatic carbocycles. The lowest BCUT2D eigenvalue weighted by Crippen LogP contribution is -2.16. The van der Waals surface area contributed by atoms with Crippen LogP contribution in [0, 0.1) is 18.8 Å².